The van der Waals surface area contributed by atoms with Gasteiger partial charge in [-0.05, 0) is 0 Å². The summed E-state index contributed by atoms with van der Waals surface area (Å²) < 4.78 is 0. The van der Waals surface area contributed by atoms with Crippen LogP contribution in [0.2, 0.25) is 19.6 Å². The zero-order chi connectivity index (χ0) is 3.58. The number of halogens is 1. The van der Waals surface area contributed by atoms with Crippen LogP contribution in [0.1, 0.15) is 0 Å². The second kappa shape index (κ2) is 10.0. The number of hydrogen-bond acceptors (Lipinski definition) is 0. The van der Waals surface area contributed by atoms with Crippen molar-refractivity contribution in [1.82, 2.24) is 0 Å². The fourth-order valence-electron chi connectivity index (χ4n) is 0. The van der Waals surface area contributed by atoms with E-state index in [-0.39, 0.29) is 62.3 Å². The van der Waals surface area contributed by atoms with Gasteiger partial charge in [-0.2, -0.15) is 0 Å². The molecule has 0 heterocycles. The van der Waals surface area contributed by atoms with Crippen LogP contribution in [-0.4, -0.2) is 8.80 Å². The smallest absolute Gasteiger partial charge is 1.00 e. The third-order valence-electron chi connectivity index (χ3n) is 0. The van der Waals surface area contributed by atoms with Crippen LogP contribution < -0.4 is 53.5 Å². The van der Waals surface area contributed by atoms with Crippen LogP contribution >= 0.6 is 0 Å². The van der Waals surface area contributed by atoms with Gasteiger partial charge in [-0.1, -0.05) is 19.6 Å². The first-order valence-electron chi connectivity index (χ1n) is 1.73. The summed E-state index contributed by atoms with van der Waals surface area (Å²) in [4.78, 5) is 0. The molecule has 0 aliphatic carbocycles. The van der Waals surface area contributed by atoms with E-state index >= 15 is 0 Å². The summed E-state index contributed by atoms with van der Waals surface area (Å²) in [5.74, 6) is 0. The molecular weight excluding hydrogens is 214 g/mol. The molecule has 0 aromatic rings. The van der Waals surface area contributed by atoms with Gasteiger partial charge in [0.15, 0.2) is 0 Å². The van der Waals surface area contributed by atoms with Gasteiger partial charge in [-0.15, -0.1) is 0 Å². The Morgan fingerprint density at radius 2 is 1.00 bits per heavy atom. The van der Waals surface area contributed by atoms with E-state index in [2.05, 4.69) is 19.6 Å². The Morgan fingerprint density at radius 1 is 1.00 bits per heavy atom. The summed E-state index contributed by atoms with van der Waals surface area (Å²) >= 11 is 0. The first-order chi connectivity index (χ1) is 1.73. The van der Waals surface area contributed by atoms with Crippen LogP contribution in [0.15, 0.2) is 0 Å². The molecule has 6 heavy (non-hydrogen) atoms. The molecule has 0 N–H and O–H groups in total. The molecule has 0 amide bonds. The van der Waals surface area contributed by atoms with Crippen LogP contribution in [0.5, 0.6) is 0 Å². The summed E-state index contributed by atoms with van der Waals surface area (Å²) in [5, 5.41) is 0. The van der Waals surface area contributed by atoms with Crippen molar-refractivity contribution in [2.75, 3.05) is 0 Å². The third-order valence-corrected chi connectivity index (χ3v) is 0. The first-order valence-corrected chi connectivity index (χ1v) is 5.20. The van der Waals surface area contributed by atoms with E-state index in [0.29, 0.717) is 0 Å². The molecule has 0 aliphatic rings. The molecule has 0 nitrogen and oxygen atoms in total. The SMILES string of the molecule is C[SiH](C)C.[I-].[Na+]. The van der Waals surface area contributed by atoms with Crippen molar-refractivity contribution in [3.63, 3.8) is 0 Å². The van der Waals surface area contributed by atoms with E-state index < -0.39 is 0 Å². The van der Waals surface area contributed by atoms with Gasteiger partial charge in [0, 0.05) is 8.80 Å². The first kappa shape index (κ1) is 15.7. The summed E-state index contributed by atoms with van der Waals surface area (Å²) in [7, 11) is -0.139. The fourth-order valence-corrected chi connectivity index (χ4v) is 0. The van der Waals surface area contributed by atoms with Gasteiger partial charge >= 0.3 is 29.6 Å². The number of rotatable bonds is 0. The quantitative estimate of drug-likeness (QED) is 0.286. The monoisotopic (exact) mass is 224 g/mol. The Labute approximate surface area is 81.0 Å². The molecule has 3 heteroatoms. The maximum atomic E-state index is 2.31. The topological polar surface area (TPSA) is 0 Å². The van der Waals surface area contributed by atoms with Crippen molar-refractivity contribution in [1.29, 1.82) is 0 Å². The van der Waals surface area contributed by atoms with Crippen LogP contribution in [-0.2, 0) is 0 Å². The predicted molar refractivity (Wildman–Crippen MR) is 24.7 cm³/mol. The molecule has 0 saturated heterocycles. The molecule has 0 aromatic carbocycles. The fraction of sp³-hybridized carbons (Fsp3) is 1.00. The van der Waals surface area contributed by atoms with Crippen molar-refractivity contribution in [2.24, 2.45) is 0 Å². The molecule has 0 fully saturated rings. The Hall–Kier alpha value is 1.95. The molecule has 0 bridgehead atoms. The summed E-state index contributed by atoms with van der Waals surface area (Å²) in [6.07, 6.45) is 0. The van der Waals surface area contributed by atoms with Crippen LogP contribution in [0.3, 0.4) is 0 Å². The van der Waals surface area contributed by atoms with E-state index in [1.807, 2.05) is 0 Å². The molecule has 0 rings (SSSR count). The van der Waals surface area contributed by atoms with E-state index in [4.69, 9.17) is 0 Å². The maximum absolute atomic E-state index is 2.31. The largest absolute Gasteiger partial charge is 1.00 e. The van der Waals surface area contributed by atoms with Gasteiger partial charge in [0.25, 0.3) is 0 Å². The Kier molecular flexibility index (Phi) is 26.2. The normalized spacial score (nSPS) is 6.00. The van der Waals surface area contributed by atoms with Crippen LogP contribution in [0.25, 0.3) is 0 Å². The van der Waals surface area contributed by atoms with Gasteiger partial charge in [-0.25, -0.2) is 0 Å². The molecule has 0 aromatic heterocycles. The van der Waals surface area contributed by atoms with E-state index in [1.165, 1.54) is 0 Å². The van der Waals surface area contributed by atoms with Gasteiger partial charge in [0.1, 0.15) is 0 Å². The average Bonchev–Trinajstić information content (AvgIpc) is 0.811. The Morgan fingerprint density at radius 3 is 1.00 bits per heavy atom. The van der Waals surface area contributed by atoms with Crippen molar-refractivity contribution in [2.45, 2.75) is 19.6 Å². The minimum Gasteiger partial charge on any atom is -1.00 e. The van der Waals surface area contributed by atoms with E-state index in [1.54, 1.807) is 0 Å². The molecule has 0 radical (unpaired) electrons. The molecule has 0 aliphatic heterocycles. The van der Waals surface area contributed by atoms with Crippen LogP contribution in [0.4, 0.5) is 0 Å². The molecular formula is C3H10INaSi. The number of hydrogen-bond donors (Lipinski definition) is 0. The summed E-state index contributed by atoms with van der Waals surface area (Å²) in [6, 6.07) is 0. The second-order valence-corrected chi connectivity index (χ2v) is 5.20. The second-order valence-electron chi connectivity index (χ2n) is 1.73. The van der Waals surface area contributed by atoms with Crippen molar-refractivity contribution >= 4 is 8.80 Å². The Balaban J connectivity index is -0.0000000450. The minimum atomic E-state index is -0.139. The summed E-state index contributed by atoms with van der Waals surface area (Å²) in [6.45, 7) is 6.92. The van der Waals surface area contributed by atoms with Crippen molar-refractivity contribution in [3.05, 3.63) is 0 Å². The van der Waals surface area contributed by atoms with Crippen LogP contribution in [0, 0.1) is 0 Å². The molecule has 0 atom stereocenters. The minimum absolute atomic E-state index is 0. The third kappa shape index (κ3) is 38.4. The standard InChI is InChI=1S/C3H10Si.HI.Na/c1-4(2)3;;/h4H,1-3H3;1H;/q;;+1/p-1. The van der Waals surface area contributed by atoms with E-state index in [9.17, 15) is 0 Å². The van der Waals surface area contributed by atoms with Gasteiger partial charge in [-0.3, -0.25) is 0 Å². The Bertz CT molecular complexity index is 15.5. The molecule has 34 valence electrons. The zero-order valence-corrected chi connectivity index (χ0v) is 10.3. The predicted octanol–water partition coefficient (Wildman–Crippen LogP) is -4.89. The van der Waals surface area contributed by atoms with Gasteiger partial charge in [0.2, 0.25) is 0 Å². The maximum Gasteiger partial charge on any atom is 1.00 e. The molecule has 0 unspecified atom stereocenters. The van der Waals surface area contributed by atoms with Gasteiger partial charge in [0.05, 0.1) is 0 Å². The summed E-state index contributed by atoms with van der Waals surface area (Å²) in [5.41, 5.74) is 0. The van der Waals surface area contributed by atoms with Crippen molar-refractivity contribution < 1.29 is 53.5 Å². The molecule has 0 saturated carbocycles. The average molecular weight is 224 g/mol. The van der Waals surface area contributed by atoms with E-state index in [0.717, 1.165) is 0 Å². The van der Waals surface area contributed by atoms with Gasteiger partial charge < -0.3 is 24.0 Å². The zero-order valence-electron chi connectivity index (χ0n) is 4.96. The molecule has 0 spiro atoms. The van der Waals surface area contributed by atoms with Crippen molar-refractivity contribution in [3.8, 4) is 0 Å².